The Labute approximate surface area is 118 Å². The van der Waals surface area contributed by atoms with Gasteiger partial charge in [0.1, 0.15) is 33.4 Å². The number of fused-ring (bicyclic) bond motifs is 2. The normalized spacial score (nSPS) is 11.0. The third-order valence-electron chi connectivity index (χ3n) is 3.25. The van der Waals surface area contributed by atoms with E-state index in [9.17, 15) is 15.0 Å². The number of hydrogen-bond acceptors (Lipinski definition) is 6. The lowest BCUT2D eigenvalue weighted by Crippen LogP contribution is -2.05. The number of hydrogen-bond donors (Lipinski definition) is 2. The Bertz CT molecular complexity index is 910. The van der Waals surface area contributed by atoms with Gasteiger partial charge in [0.15, 0.2) is 11.5 Å². The number of phenolic OH excluding ortho intramolecular Hbond substituents is 2. The lowest BCUT2D eigenvalue weighted by molar-refractivity contribution is 0.358. The van der Waals surface area contributed by atoms with Crippen molar-refractivity contribution in [3.8, 4) is 23.0 Å². The number of phenols is 2. The van der Waals surface area contributed by atoms with Crippen LogP contribution in [0, 0.1) is 0 Å². The Balaban J connectivity index is 2.58. The molecule has 6 nitrogen and oxygen atoms in total. The highest BCUT2D eigenvalue weighted by molar-refractivity contribution is 5.97. The second-order valence-corrected chi connectivity index (χ2v) is 4.44. The van der Waals surface area contributed by atoms with Crippen molar-refractivity contribution in [3.63, 3.8) is 0 Å². The van der Waals surface area contributed by atoms with Crippen molar-refractivity contribution in [1.82, 2.24) is 0 Å². The van der Waals surface area contributed by atoms with Crippen molar-refractivity contribution in [2.75, 3.05) is 14.2 Å². The van der Waals surface area contributed by atoms with E-state index in [0.29, 0.717) is 5.75 Å². The first-order valence-electron chi connectivity index (χ1n) is 6.10. The molecule has 108 valence electrons. The number of rotatable bonds is 2. The molecule has 0 radical (unpaired) electrons. The van der Waals surface area contributed by atoms with Gasteiger partial charge in [0, 0.05) is 12.1 Å². The fraction of sp³-hybridized carbons (Fsp3) is 0.133. The fourth-order valence-electron chi connectivity index (χ4n) is 2.35. The van der Waals surface area contributed by atoms with Crippen LogP contribution in [0.25, 0.3) is 21.9 Å². The highest BCUT2D eigenvalue weighted by Gasteiger charge is 2.18. The Kier molecular flexibility index (Phi) is 2.86. The van der Waals surface area contributed by atoms with E-state index in [-0.39, 0.29) is 39.2 Å². The van der Waals surface area contributed by atoms with Crippen LogP contribution in [0.1, 0.15) is 0 Å². The lowest BCUT2D eigenvalue weighted by Gasteiger charge is -2.10. The molecule has 0 spiro atoms. The summed E-state index contributed by atoms with van der Waals surface area (Å²) in [6, 6.07) is 5.53. The molecule has 0 amide bonds. The summed E-state index contributed by atoms with van der Waals surface area (Å²) in [5.41, 5.74) is -0.0909. The molecule has 0 aliphatic heterocycles. The average molecular weight is 288 g/mol. The van der Waals surface area contributed by atoms with Crippen LogP contribution in [0.2, 0.25) is 0 Å². The van der Waals surface area contributed by atoms with Gasteiger partial charge in [-0.15, -0.1) is 0 Å². The lowest BCUT2D eigenvalue weighted by atomic mass is 10.1. The fourth-order valence-corrected chi connectivity index (χ4v) is 2.35. The Morgan fingerprint density at radius 3 is 2.43 bits per heavy atom. The Morgan fingerprint density at radius 2 is 1.76 bits per heavy atom. The van der Waals surface area contributed by atoms with E-state index in [4.69, 9.17) is 13.9 Å². The quantitative estimate of drug-likeness (QED) is 0.704. The summed E-state index contributed by atoms with van der Waals surface area (Å²) in [5, 5.41) is 19.5. The van der Waals surface area contributed by atoms with Crippen molar-refractivity contribution in [3.05, 3.63) is 34.5 Å². The minimum Gasteiger partial charge on any atom is -0.508 e. The van der Waals surface area contributed by atoms with Gasteiger partial charge in [-0.05, 0) is 12.1 Å². The van der Waals surface area contributed by atoms with Gasteiger partial charge in [0.05, 0.1) is 14.2 Å². The van der Waals surface area contributed by atoms with Gasteiger partial charge >= 0.3 is 0 Å². The Hall–Kier alpha value is -2.89. The van der Waals surface area contributed by atoms with E-state index in [0.717, 1.165) is 6.07 Å². The first kappa shape index (κ1) is 13.1. The third kappa shape index (κ3) is 1.84. The zero-order valence-electron chi connectivity index (χ0n) is 11.3. The summed E-state index contributed by atoms with van der Waals surface area (Å²) in [6.07, 6.45) is 0. The smallest absolute Gasteiger partial charge is 0.208 e. The number of ether oxygens (including phenoxy) is 2. The van der Waals surface area contributed by atoms with E-state index >= 15 is 0 Å². The zero-order valence-corrected chi connectivity index (χ0v) is 11.3. The molecule has 1 aromatic heterocycles. The first-order chi connectivity index (χ1) is 10.1. The molecule has 0 aliphatic rings. The zero-order chi connectivity index (χ0) is 15.1. The van der Waals surface area contributed by atoms with Crippen molar-refractivity contribution >= 4 is 21.9 Å². The highest BCUT2D eigenvalue weighted by atomic mass is 16.5. The van der Waals surface area contributed by atoms with Crippen LogP contribution in [-0.2, 0) is 0 Å². The molecule has 6 heteroatoms. The van der Waals surface area contributed by atoms with Crippen LogP contribution in [0.4, 0.5) is 0 Å². The van der Waals surface area contributed by atoms with Crippen molar-refractivity contribution in [2.45, 2.75) is 0 Å². The van der Waals surface area contributed by atoms with Crippen LogP contribution in [0.15, 0.2) is 33.5 Å². The minimum atomic E-state index is -0.459. The van der Waals surface area contributed by atoms with E-state index in [2.05, 4.69) is 0 Å². The topological polar surface area (TPSA) is 89.1 Å². The van der Waals surface area contributed by atoms with E-state index in [1.807, 2.05) is 0 Å². The molecule has 2 N–H and O–H groups in total. The van der Waals surface area contributed by atoms with Crippen LogP contribution in [0.3, 0.4) is 0 Å². The molecule has 0 atom stereocenters. The van der Waals surface area contributed by atoms with Crippen LogP contribution < -0.4 is 14.9 Å². The van der Waals surface area contributed by atoms with Gasteiger partial charge in [0.25, 0.3) is 0 Å². The van der Waals surface area contributed by atoms with Gasteiger partial charge in [-0.3, -0.25) is 4.79 Å². The van der Waals surface area contributed by atoms with Gasteiger partial charge < -0.3 is 24.1 Å². The molecular formula is C15H12O6. The van der Waals surface area contributed by atoms with E-state index in [1.54, 1.807) is 12.1 Å². The highest BCUT2D eigenvalue weighted by Crippen LogP contribution is 2.37. The first-order valence-corrected chi connectivity index (χ1v) is 6.10. The third-order valence-corrected chi connectivity index (χ3v) is 3.25. The SMILES string of the molecule is COc1ccc2oc3cc(O)cc(O)c3c(=O)c2c1OC. The van der Waals surface area contributed by atoms with E-state index < -0.39 is 5.43 Å². The van der Waals surface area contributed by atoms with E-state index in [1.165, 1.54) is 20.3 Å². The van der Waals surface area contributed by atoms with Crippen molar-refractivity contribution in [2.24, 2.45) is 0 Å². The molecule has 0 unspecified atom stereocenters. The molecule has 3 rings (SSSR count). The van der Waals surface area contributed by atoms with Crippen LogP contribution >= 0.6 is 0 Å². The maximum atomic E-state index is 12.6. The summed E-state index contributed by atoms with van der Waals surface area (Å²) in [4.78, 5) is 12.6. The van der Waals surface area contributed by atoms with Gasteiger partial charge in [-0.1, -0.05) is 0 Å². The van der Waals surface area contributed by atoms with Crippen molar-refractivity contribution < 1.29 is 24.1 Å². The monoisotopic (exact) mass is 288 g/mol. The molecule has 0 bridgehead atoms. The summed E-state index contributed by atoms with van der Waals surface area (Å²) in [7, 11) is 2.87. The maximum Gasteiger partial charge on any atom is 0.208 e. The largest absolute Gasteiger partial charge is 0.508 e. The minimum absolute atomic E-state index is 0.0214. The summed E-state index contributed by atoms with van der Waals surface area (Å²) in [5.74, 6) is 0.0709. The van der Waals surface area contributed by atoms with Crippen molar-refractivity contribution in [1.29, 1.82) is 0 Å². The summed E-state index contributed by atoms with van der Waals surface area (Å²) < 4.78 is 16.0. The van der Waals surface area contributed by atoms with Crippen LogP contribution in [-0.4, -0.2) is 24.4 Å². The molecule has 1 heterocycles. The average Bonchev–Trinajstić information content (AvgIpc) is 2.45. The van der Waals surface area contributed by atoms with Gasteiger partial charge in [0.2, 0.25) is 5.43 Å². The number of methoxy groups -OCH3 is 2. The Morgan fingerprint density at radius 1 is 1.00 bits per heavy atom. The second kappa shape index (κ2) is 4.59. The maximum absolute atomic E-state index is 12.6. The number of aromatic hydroxyl groups is 2. The van der Waals surface area contributed by atoms with Gasteiger partial charge in [-0.2, -0.15) is 0 Å². The molecular weight excluding hydrogens is 276 g/mol. The predicted molar refractivity (Wildman–Crippen MR) is 76.4 cm³/mol. The van der Waals surface area contributed by atoms with Gasteiger partial charge in [-0.25, -0.2) is 0 Å². The summed E-state index contributed by atoms with van der Waals surface area (Å²) in [6.45, 7) is 0. The molecule has 21 heavy (non-hydrogen) atoms. The number of benzene rings is 2. The molecule has 0 saturated heterocycles. The molecule has 0 aliphatic carbocycles. The summed E-state index contributed by atoms with van der Waals surface area (Å²) >= 11 is 0. The second-order valence-electron chi connectivity index (χ2n) is 4.44. The molecule has 3 aromatic rings. The molecule has 0 fully saturated rings. The predicted octanol–water partition coefficient (Wildman–Crippen LogP) is 2.37. The molecule has 0 saturated carbocycles. The van der Waals surface area contributed by atoms with Crippen LogP contribution in [0.5, 0.6) is 23.0 Å². The standard InChI is InChI=1S/C15H12O6/c1-19-10-4-3-9-13(15(10)20-2)14(18)12-8(17)5-7(16)6-11(12)21-9/h3-6,16-17H,1-2H3. The molecule has 2 aromatic carbocycles.